The Morgan fingerprint density at radius 1 is 1.17 bits per heavy atom. The van der Waals surface area contributed by atoms with Crippen LogP contribution in [-0.2, 0) is 33.3 Å². The monoisotopic (exact) mass is 514 g/mol. The second kappa shape index (κ2) is 13.0. The fourth-order valence-electron chi connectivity index (χ4n) is 3.50. The predicted octanol–water partition coefficient (Wildman–Crippen LogP) is 0.235. The quantitative estimate of drug-likeness (QED) is 0.135. The van der Waals surface area contributed by atoms with Gasteiger partial charge < -0.3 is 45.4 Å². The van der Waals surface area contributed by atoms with Gasteiger partial charge in [-0.15, -0.1) is 0 Å². The topological polar surface area (TPSA) is 194 Å². The van der Waals surface area contributed by atoms with Crippen LogP contribution in [0.25, 0.3) is 0 Å². The maximum atomic E-state index is 12.5. The number of hydrogen-bond donors (Lipinski definition) is 4. The van der Waals surface area contributed by atoms with Crippen molar-refractivity contribution in [1.82, 2.24) is 16.0 Å². The Labute approximate surface area is 208 Å². The Balaban J connectivity index is 1.96. The molecule has 0 spiro atoms. The smallest absolute Gasteiger partial charge is 0.481 e. The number of nitrogens with two attached hydrogens (primary N) is 1. The summed E-state index contributed by atoms with van der Waals surface area (Å²) < 4.78 is 26.2. The summed E-state index contributed by atoms with van der Waals surface area (Å²) >= 11 is 0. The number of alkyl carbamates (subject to hydrolysis) is 2. The number of cyclic esters (lactones) is 2. The molecule has 0 unspecified atom stereocenters. The van der Waals surface area contributed by atoms with Gasteiger partial charge in [0.1, 0.15) is 12.2 Å². The summed E-state index contributed by atoms with van der Waals surface area (Å²) in [7, 11) is 0. The molecule has 0 aliphatic carbocycles. The number of allylic oxidation sites excluding steroid dienone is 1. The van der Waals surface area contributed by atoms with Crippen molar-refractivity contribution in [2.75, 3.05) is 19.7 Å². The van der Waals surface area contributed by atoms with Crippen molar-refractivity contribution in [2.24, 2.45) is 5.73 Å². The Kier molecular flexibility index (Phi) is 10.3. The van der Waals surface area contributed by atoms with E-state index >= 15 is 0 Å². The van der Waals surface area contributed by atoms with Crippen LogP contribution in [0.2, 0.25) is 0 Å². The zero-order chi connectivity index (χ0) is 26.9. The molecule has 2 aliphatic heterocycles. The summed E-state index contributed by atoms with van der Waals surface area (Å²) in [6.45, 7) is 6.85. The SMILES string of the molecule is CC(=O)N[C@H]1[C@H]([C@H](OC(=O)NCCCCNC(=O)OC(C)(C)C)[C@H]2COC(=O)O2)OC(C=O)=C[C@@H]1N. The highest BCUT2D eigenvalue weighted by Gasteiger charge is 2.48. The van der Waals surface area contributed by atoms with Gasteiger partial charge in [-0.25, -0.2) is 14.4 Å². The Morgan fingerprint density at radius 3 is 2.33 bits per heavy atom. The lowest BCUT2D eigenvalue weighted by atomic mass is 9.92. The van der Waals surface area contributed by atoms with Crippen molar-refractivity contribution in [2.45, 2.75) is 76.5 Å². The first-order valence-electron chi connectivity index (χ1n) is 11.5. The van der Waals surface area contributed by atoms with Gasteiger partial charge in [-0.1, -0.05) is 0 Å². The van der Waals surface area contributed by atoms with E-state index in [1.165, 1.54) is 13.0 Å². The predicted molar refractivity (Wildman–Crippen MR) is 123 cm³/mol. The van der Waals surface area contributed by atoms with E-state index in [9.17, 15) is 24.0 Å². The van der Waals surface area contributed by atoms with Crippen LogP contribution in [0.4, 0.5) is 14.4 Å². The molecule has 0 bridgehead atoms. The minimum Gasteiger partial charge on any atom is -0.481 e. The van der Waals surface area contributed by atoms with Crippen LogP contribution in [-0.4, -0.2) is 86.2 Å². The number of ether oxygens (including phenoxy) is 5. The van der Waals surface area contributed by atoms with Crippen molar-refractivity contribution in [1.29, 1.82) is 0 Å². The molecule has 0 saturated carbocycles. The lowest BCUT2D eigenvalue weighted by molar-refractivity contribution is -0.126. The normalized spacial score (nSPS) is 24.1. The largest absolute Gasteiger partial charge is 0.508 e. The van der Waals surface area contributed by atoms with Crippen LogP contribution >= 0.6 is 0 Å². The van der Waals surface area contributed by atoms with Crippen molar-refractivity contribution in [3.8, 4) is 0 Å². The molecule has 14 nitrogen and oxygen atoms in total. The molecule has 36 heavy (non-hydrogen) atoms. The number of amides is 3. The standard InChI is InChI=1S/C22H34N4O10/c1-12(28)26-16-14(23)9-13(10-27)33-18(16)17(15-11-32-21(31)34-15)35-19(29)24-7-5-6-8-25-20(30)36-22(2,3)4/h9-10,14-18H,5-8,11,23H2,1-4H3,(H,24,29)(H,25,30)(H,26,28)/t14-,15+,16+,17+,18+/m0/s1. The summed E-state index contributed by atoms with van der Waals surface area (Å²) in [6.07, 6.45) is -3.04. The number of hydrogen-bond acceptors (Lipinski definition) is 11. The van der Waals surface area contributed by atoms with Gasteiger partial charge in [-0.3, -0.25) is 9.59 Å². The Hall–Kier alpha value is -3.55. The summed E-state index contributed by atoms with van der Waals surface area (Å²) in [5.41, 5.74) is 5.50. The van der Waals surface area contributed by atoms with Crippen molar-refractivity contribution >= 4 is 30.5 Å². The molecule has 5 atom stereocenters. The molecule has 14 heteroatoms. The maximum absolute atomic E-state index is 12.5. The molecule has 2 rings (SSSR count). The van der Waals surface area contributed by atoms with E-state index in [0.717, 1.165) is 0 Å². The third-order valence-corrected chi connectivity index (χ3v) is 4.97. The second-order valence-electron chi connectivity index (χ2n) is 9.22. The molecule has 0 aromatic heterocycles. The fourth-order valence-corrected chi connectivity index (χ4v) is 3.50. The Morgan fingerprint density at radius 2 is 1.81 bits per heavy atom. The van der Waals surface area contributed by atoms with Crippen LogP contribution in [0.15, 0.2) is 11.8 Å². The molecule has 2 aliphatic rings. The molecule has 0 aromatic carbocycles. The number of rotatable bonds is 10. The summed E-state index contributed by atoms with van der Waals surface area (Å²) in [5.74, 6) is -0.555. The molecule has 2 heterocycles. The molecule has 3 amide bonds. The fraction of sp³-hybridized carbons (Fsp3) is 0.682. The molecular formula is C22H34N4O10. The van der Waals surface area contributed by atoms with Gasteiger partial charge in [0.15, 0.2) is 30.4 Å². The van der Waals surface area contributed by atoms with Crippen LogP contribution in [0, 0.1) is 0 Å². The number of aldehydes is 1. The first-order valence-corrected chi connectivity index (χ1v) is 11.5. The number of carbonyl (C=O) groups is 5. The van der Waals surface area contributed by atoms with E-state index in [1.54, 1.807) is 20.8 Å². The van der Waals surface area contributed by atoms with Crippen LogP contribution in [0.5, 0.6) is 0 Å². The van der Waals surface area contributed by atoms with Gasteiger partial charge in [0.25, 0.3) is 0 Å². The van der Waals surface area contributed by atoms with Crippen molar-refractivity contribution in [3.63, 3.8) is 0 Å². The molecule has 1 saturated heterocycles. The van der Waals surface area contributed by atoms with Gasteiger partial charge >= 0.3 is 18.3 Å². The summed E-state index contributed by atoms with van der Waals surface area (Å²) in [5, 5.41) is 7.79. The zero-order valence-corrected chi connectivity index (χ0v) is 20.7. The molecule has 5 N–H and O–H groups in total. The Bertz CT molecular complexity index is 856. The second-order valence-corrected chi connectivity index (χ2v) is 9.22. The molecule has 0 radical (unpaired) electrons. The van der Waals surface area contributed by atoms with E-state index in [-0.39, 0.29) is 18.9 Å². The van der Waals surface area contributed by atoms with Gasteiger partial charge in [0.05, 0.1) is 12.1 Å². The minimum atomic E-state index is -1.27. The molecule has 202 valence electrons. The third-order valence-electron chi connectivity index (χ3n) is 4.97. The summed E-state index contributed by atoms with van der Waals surface area (Å²) in [6, 6.07) is -1.75. The molecule has 1 fully saturated rings. The zero-order valence-electron chi connectivity index (χ0n) is 20.7. The van der Waals surface area contributed by atoms with Gasteiger partial charge in [-0.2, -0.15) is 0 Å². The molecule has 0 aromatic rings. The highest BCUT2D eigenvalue weighted by molar-refractivity contribution is 5.74. The van der Waals surface area contributed by atoms with Crippen molar-refractivity contribution in [3.05, 3.63) is 11.8 Å². The lowest BCUT2D eigenvalue weighted by Gasteiger charge is -2.39. The lowest BCUT2D eigenvalue weighted by Crippen LogP contribution is -2.62. The van der Waals surface area contributed by atoms with Gasteiger partial charge in [0, 0.05) is 20.0 Å². The molecular weight excluding hydrogens is 480 g/mol. The van der Waals surface area contributed by atoms with Gasteiger partial charge in [-0.05, 0) is 39.7 Å². The first kappa shape index (κ1) is 28.7. The third kappa shape index (κ3) is 9.24. The van der Waals surface area contributed by atoms with Crippen LogP contribution in [0.3, 0.4) is 0 Å². The number of unbranched alkanes of at least 4 members (excludes halogenated alkanes) is 1. The summed E-state index contributed by atoms with van der Waals surface area (Å²) in [4.78, 5) is 58.8. The number of carbonyl (C=O) groups excluding carboxylic acids is 5. The highest BCUT2D eigenvalue weighted by Crippen LogP contribution is 2.26. The highest BCUT2D eigenvalue weighted by atomic mass is 16.8. The average molecular weight is 515 g/mol. The van der Waals surface area contributed by atoms with Crippen LogP contribution in [0.1, 0.15) is 40.5 Å². The van der Waals surface area contributed by atoms with E-state index in [1.807, 2.05) is 0 Å². The minimum absolute atomic E-state index is 0.120. The maximum Gasteiger partial charge on any atom is 0.508 e. The van der Waals surface area contributed by atoms with E-state index in [4.69, 9.17) is 29.4 Å². The van der Waals surface area contributed by atoms with Gasteiger partial charge in [0.2, 0.25) is 5.91 Å². The van der Waals surface area contributed by atoms with Crippen LogP contribution < -0.4 is 21.7 Å². The number of nitrogens with one attached hydrogen (secondary N) is 3. The average Bonchev–Trinajstić information content (AvgIpc) is 3.20. The van der Waals surface area contributed by atoms with E-state index < -0.39 is 60.2 Å². The van der Waals surface area contributed by atoms with E-state index in [2.05, 4.69) is 16.0 Å². The van der Waals surface area contributed by atoms with Crippen molar-refractivity contribution < 1.29 is 47.7 Å². The van der Waals surface area contributed by atoms with E-state index in [0.29, 0.717) is 25.7 Å². The first-order chi connectivity index (χ1) is 16.9.